The van der Waals surface area contributed by atoms with Crippen LogP contribution < -0.4 is 0 Å². The van der Waals surface area contributed by atoms with Gasteiger partial charge in [0.2, 0.25) is 0 Å². The maximum absolute atomic E-state index is 11.6. The van der Waals surface area contributed by atoms with Crippen LogP contribution in [0.3, 0.4) is 0 Å². The summed E-state index contributed by atoms with van der Waals surface area (Å²) in [5.41, 5.74) is 0. The van der Waals surface area contributed by atoms with Crippen LogP contribution in [0.4, 0.5) is 0 Å². The highest BCUT2D eigenvalue weighted by molar-refractivity contribution is 4.81. The van der Waals surface area contributed by atoms with Crippen LogP contribution in [0.2, 0.25) is 0 Å². The maximum Gasteiger partial charge on any atom is 0.110 e. The Morgan fingerprint density at radius 3 is 1.84 bits per heavy atom. The predicted molar refractivity (Wildman–Crippen MR) is 101 cm³/mol. The van der Waals surface area contributed by atoms with Gasteiger partial charge in [0.15, 0.2) is 0 Å². The van der Waals surface area contributed by atoms with Crippen molar-refractivity contribution in [1.29, 1.82) is 0 Å². The fraction of sp³-hybridized carbons (Fsp3) is 0.789. The predicted octanol–water partition coefficient (Wildman–Crippen LogP) is 0.755. The second-order valence-electron chi connectivity index (χ2n) is 7.04. The number of piperazine rings is 2. The lowest BCUT2D eigenvalue weighted by atomic mass is 10.2. The molecule has 2 unspecified atom stereocenters. The number of ether oxygens (including phenoxy) is 1. The Labute approximate surface area is 153 Å². The molecule has 0 bridgehead atoms. The van der Waals surface area contributed by atoms with E-state index in [0.717, 1.165) is 72.0 Å². The summed E-state index contributed by atoms with van der Waals surface area (Å²) in [7, 11) is 0. The zero-order valence-corrected chi connectivity index (χ0v) is 15.8. The third-order valence-electron chi connectivity index (χ3n) is 5.20. The monoisotopic (exact) mass is 351 g/mol. The summed E-state index contributed by atoms with van der Waals surface area (Å²) < 4.78 is 6.11. The van der Waals surface area contributed by atoms with E-state index < -0.39 is 0 Å². The van der Waals surface area contributed by atoms with E-state index in [-0.39, 0.29) is 18.9 Å². The van der Waals surface area contributed by atoms with Crippen LogP contribution in [0.25, 0.3) is 0 Å². The van der Waals surface area contributed by atoms with Crippen molar-refractivity contribution < 1.29 is 9.84 Å². The Balaban J connectivity index is 1.70. The van der Waals surface area contributed by atoms with E-state index in [4.69, 9.17) is 4.74 Å². The van der Waals surface area contributed by atoms with Gasteiger partial charge in [0, 0.05) is 72.0 Å². The minimum absolute atomic E-state index is 0.00638. The van der Waals surface area contributed by atoms with Crippen molar-refractivity contribution in [2.45, 2.75) is 19.3 Å². The molecular formula is C19H35N4O2. The summed E-state index contributed by atoms with van der Waals surface area (Å²) in [5.74, 6) is 0. The van der Waals surface area contributed by atoms with Crippen LogP contribution >= 0.6 is 0 Å². The molecule has 143 valence electrons. The molecule has 25 heavy (non-hydrogen) atoms. The zero-order valence-electron chi connectivity index (χ0n) is 15.8. The molecule has 2 aliphatic rings. The summed E-state index contributed by atoms with van der Waals surface area (Å²) in [4.78, 5) is 9.48. The summed E-state index contributed by atoms with van der Waals surface area (Å²) >= 11 is 0. The first-order valence-electron chi connectivity index (χ1n) is 9.52. The Bertz CT molecular complexity index is 391. The van der Waals surface area contributed by atoms with Crippen molar-refractivity contribution in [2.24, 2.45) is 0 Å². The van der Waals surface area contributed by atoms with Gasteiger partial charge in [-0.05, 0) is 6.92 Å². The van der Waals surface area contributed by atoms with Gasteiger partial charge in [0.1, 0.15) is 12.8 Å². The van der Waals surface area contributed by atoms with Crippen LogP contribution in [-0.2, 0) is 9.84 Å². The molecule has 6 heteroatoms. The highest BCUT2D eigenvalue weighted by Crippen LogP contribution is 2.11. The average Bonchev–Trinajstić information content (AvgIpc) is 2.63. The Kier molecular flexibility index (Phi) is 9.09. The average molecular weight is 352 g/mol. The highest BCUT2D eigenvalue weighted by atomic mass is 16.5. The standard InChI is InChI=1S/C19H35N4O2/c1-4-6-20-8-10-22(11-9-20)16-19(17-24)25-18(3)23-14-12-21(7-5-2)13-15-23/h4-5,18-19H,1-2,6-17H2,3H3. The summed E-state index contributed by atoms with van der Waals surface area (Å²) in [6.45, 7) is 20.3. The van der Waals surface area contributed by atoms with E-state index in [1.807, 2.05) is 12.2 Å². The van der Waals surface area contributed by atoms with Crippen molar-refractivity contribution in [3.8, 4) is 0 Å². The van der Waals surface area contributed by atoms with Gasteiger partial charge in [-0.15, -0.1) is 13.2 Å². The van der Waals surface area contributed by atoms with Gasteiger partial charge in [0.25, 0.3) is 0 Å². The van der Waals surface area contributed by atoms with Gasteiger partial charge in [-0.2, -0.15) is 0 Å². The molecule has 2 heterocycles. The van der Waals surface area contributed by atoms with E-state index in [0.29, 0.717) is 0 Å². The minimum Gasteiger partial charge on any atom is -0.356 e. The van der Waals surface area contributed by atoms with Gasteiger partial charge < -0.3 is 4.74 Å². The minimum atomic E-state index is -0.229. The van der Waals surface area contributed by atoms with Crippen molar-refractivity contribution in [1.82, 2.24) is 19.6 Å². The number of hydrogen-bond donors (Lipinski definition) is 0. The summed E-state index contributed by atoms with van der Waals surface area (Å²) in [6.07, 6.45) is 3.69. The fourth-order valence-corrected chi connectivity index (χ4v) is 3.62. The normalized spacial score (nSPS) is 24.1. The van der Waals surface area contributed by atoms with E-state index in [1.165, 1.54) is 0 Å². The summed E-state index contributed by atoms with van der Waals surface area (Å²) in [5, 5.41) is 11.6. The van der Waals surface area contributed by atoms with Gasteiger partial charge in [0.05, 0.1) is 6.10 Å². The molecule has 6 nitrogen and oxygen atoms in total. The van der Waals surface area contributed by atoms with Crippen LogP contribution in [-0.4, -0.2) is 111 Å². The van der Waals surface area contributed by atoms with Gasteiger partial charge in [-0.1, -0.05) is 12.2 Å². The van der Waals surface area contributed by atoms with E-state index in [9.17, 15) is 5.11 Å². The molecule has 0 aromatic rings. The molecule has 0 N–H and O–H groups in total. The number of nitrogens with zero attached hydrogens (tertiary/aromatic N) is 4. The third kappa shape index (κ3) is 6.81. The van der Waals surface area contributed by atoms with Crippen molar-refractivity contribution in [2.75, 3.05) is 78.6 Å². The van der Waals surface area contributed by atoms with Crippen molar-refractivity contribution in [3.05, 3.63) is 25.3 Å². The first-order chi connectivity index (χ1) is 12.2. The molecule has 0 amide bonds. The van der Waals surface area contributed by atoms with Crippen LogP contribution in [0, 0.1) is 0 Å². The van der Waals surface area contributed by atoms with E-state index >= 15 is 0 Å². The molecule has 2 rings (SSSR count). The number of rotatable bonds is 10. The molecule has 2 atom stereocenters. The Morgan fingerprint density at radius 2 is 1.36 bits per heavy atom. The smallest absolute Gasteiger partial charge is 0.110 e. The van der Waals surface area contributed by atoms with Gasteiger partial charge in [-0.25, -0.2) is 5.11 Å². The van der Waals surface area contributed by atoms with Crippen LogP contribution in [0.15, 0.2) is 25.3 Å². The molecule has 2 fully saturated rings. The first-order valence-corrected chi connectivity index (χ1v) is 9.52. The molecule has 0 spiro atoms. The lowest BCUT2D eigenvalue weighted by Crippen LogP contribution is -2.53. The highest BCUT2D eigenvalue weighted by Gasteiger charge is 2.25. The summed E-state index contributed by atoms with van der Waals surface area (Å²) in [6, 6.07) is 0. The van der Waals surface area contributed by atoms with E-state index in [1.54, 1.807) is 0 Å². The second-order valence-corrected chi connectivity index (χ2v) is 7.04. The molecule has 0 aliphatic carbocycles. The molecule has 0 aromatic heterocycles. The van der Waals surface area contributed by atoms with Crippen LogP contribution in [0.1, 0.15) is 6.92 Å². The second kappa shape index (κ2) is 11.1. The fourth-order valence-electron chi connectivity index (χ4n) is 3.62. The number of hydrogen-bond acceptors (Lipinski definition) is 5. The third-order valence-corrected chi connectivity index (χ3v) is 5.20. The Hall–Kier alpha value is -0.760. The van der Waals surface area contributed by atoms with Crippen molar-refractivity contribution in [3.63, 3.8) is 0 Å². The first kappa shape index (κ1) is 20.6. The largest absolute Gasteiger partial charge is 0.356 e. The molecule has 0 aromatic carbocycles. The quantitative estimate of drug-likeness (QED) is 0.544. The molecule has 2 aliphatic heterocycles. The molecule has 2 saturated heterocycles. The van der Waals surface area contributed by atoms with Gasteiger partial charge >= 0.3 is 0 Å². The lowest BCUT2D eigenvalue weighted by Gasteiger charge is -2.39. The molecule has 1 radical (unpaired) electrons. The van der Waals surface area contributed by atoms with Crippen LogP contribution in [0.5, 0.6) is 0 Å². The molecule has 0 saturated carbocycles. The Morgan fingerprint density at radius 1 is 0.880 bits per heavy atom. The maximum atomic E-state index is 11.6. The topological polar surface area (TPSA) is 42.1 Å². The molecular weight excluding hydrogens is 316 g/mol. The zero-order chi connectivity index (χ0) is 18.1. The van der Waals surface area contributed by atoms with Gasteiger partial charge in [-0.3, -0.25) is 19.6 Å². The van der Waals surface area contributed by atoms with Crippen molar-refractivity contribution >= 4 is 0 Å². The van der Waals surface area contributed by atoms with E-state index in [2.05, 4.69) is 39.7 Å². The lowest BCUT2D eigenvalue weighted by molar-refractivity contribution is -0.128. The SMILES string of the molecule is C=CCN1CCN(CC(C[O])OC(C)N2CCN(CC=C)CC2)CC1.